The quantitative estimate of drug-likeness (QED) is 0.798. The van der Waals surface area contributed by atoms with Gasteiger partial charge in [-0.1, -0.05) is 31.5 Å². The molecule has 0 bridgehead atoms. The largest absolute Gasteiger partial charge is 0.389 e. The van der Waals surface area contributed by atoms with Gasteiger partial charge < -0.3 is 5.11 Å². The number of benzene rings is 1. The van der Waals surface area contributed by atoms with Crippen molar-refractivity contribution in [2.24, 2.45) is 0 Å². The molecule has 1 aromatic rings. The van der Waals surface area contributed by atoms with Crippen molar-refractivity contribution >= 4 is 23.4 Å². The first-order chi connectivity index (χ1) is 7.04. The van der Waals surface area contributed by atoms with Gasteiger partial charge in [0.15, 0.2) is 0 Å². The van der Waals surface area contributed by atoms with Crippen molar-refractivity contribution in [3.63, 3.8) is 0 Å². The molecule has 1 unspecified atom stereocenters. The maximum Gasteiger partial charge on any atom is 0.0762 e. The zero-order valence-corrected chi connectivity index (χ0v) is 10.9. The van der Waals surface area contributed by atoms with Gasteiger partial charge in [-0.2, -0.15) is 0 Å². The molecule has 0 radical (unpaired) electrons. The molecule has 15 heavy (non-hydrogen) atoms. The summed E-state index contributed by atoms with van der Waals surface area (Å²) in [4.78, 5) is 1.09. The van der Waals surface area contributed by atoms with Crippen LogP contribution in [0.5, 0.6) is 0 Å². The first-order valence-corrected chi connectivity index (χ1v) is 6.44. The molecule has 0 saturated heterocycles. The van der Waals surface area contributed by atoms with Crippen molar-refractivity contribution in [2.45, 2.75) is 43.4 Å². The highest BCUT2D eigenvalue weighted by atomic mass is 35.5. The molecule has 84 valence electrons. The Kier molecular flexibility index (Phi) is 4.97. The molecule has 2 atom stereocenters. The van der Waals surface area contributed by atoms with Gasteiger partial charge in [-0.15, -0.1) is 11.8 Å². The van der Waals surface area contributed by atoms with E-state index < -0.39 is 6.10 Å². The normalized spacial score (nSPS) is 15.0. The maximum atomic E-state index is 9.40. The van der Waals surface area contributed by atoms with Gasteiger partial charge in [0.1, 0.15) is 0 Å². The molecule has 0 saturated carbocycles. The Balaban J connectivity index is 2.83. The highest BCUT2D eigenvalue weighted by Crippen LogP contribution is 2.33. The van der Waals surface area contributed by atoms with E-state index in [-0.39, 0.29) is 0 Å². The Hall–Kier alpha value is -0.180. The summed E-state index contributed by atoms with van der Waals surface area (Å²) >= 11 is 7.92. The minimum absolute atomic E-state index is 0.454. The average molecular weight is 245 g/mol. The van der Waals surface area contributed by atoms with Crippen molar-refractivity contribution in [3.8, 4) is 0 Å². The monoisotopic (exact) mass is 244 g/mol. The summed E-state index contributed by atoms with van der Waals surface area (Å²) < 4.78 is 0. The second kappa shape index (κ2) is 5.78. The predicted octanol–water partition coefficient (Wildman–Crippen LogP) is 4.28. The topological polar surface area (TPSA) is 20.2 Å². The van der Waals surface area contributed by atoms with Gasteiger partial charge in [0.2, 0.25) is 0 Å². The van der Waals surface area contributed by atoms with E-state index in [4.69, 9.17) is 11.6 Å². The summed E-state index contributed by atoms with van der Waals surface area (Å²) in [6.07, 6.45) is 0.671. The summed E-state index contributed by atoms with van der Waals surface area (Å²) in [5.74, 6) is 0. The van der Waals surface area contributed by atoms with Crippen LogP contribution in [0.2, 0.25) is 5.02 Å². The lowest BCUT2D eigenvalue weighted by Gasteiger charge is -2.11. The minimum atomic E-state index is -0.454. The predicted molar refractivity (Wildman–Crippen MR) is 67.7 cm³/mol. The Labute approximate surface area is 101 Å². The molecule has 3 heteroatoms. The van der Waals surface area contributed by atoms with Crippen LogP contribution in [0.1, 0.15) is 38.9 Å². The van der Waals surface area contributed by atoms with Gasteiger partial charge in [0.05, 0.1) is 11.1 Å². The standard InChI is InChI=1S/C12H17ClOS/c1-4-8(2)15-12-6-5-10(9(3)14)7-11(12)13/h5-9,14H,4H2,1-3H3/t8?,9-/m1/s1. The fourth-order valence-electron chi connectivity index (χ4n) is 1.17. The second-order valence-corrected chi connectivity index (χ2v) is 5.59. The van der Waals surface area contributed by atoms with Crippen LogP contribution in [0.25, 0.3) is 0 Å². The van der Waals surface area contributed by atoms with E-state index in [2.05, 4.69) is 13.8 Å². The van der Waals surface area contributed by atoms with E-state index >= 15 is 0 Å². The Morgan fingerprint density at radius 1 is 1.40 bits per heavy atom. The van der Waals surface area contributed by atoms with Crippen LogP contribution >= 0.6 is 23.4 Å². The number of aliphatic hydroxyl groups excluding tert-OH is 1. The molecule has 0 aliphatic heterocycles. The van der Waals surface area contributed by atoms with Crippen molar-refractivity contribution in [1.29, 1.82) is 0 Å². The molecule has 0 aliphatic rings. The van der Waals surface area contributed by atoms with Gasteiger partial charge in [-0.25, -0.2) is 0 Å². The third-order valence-corrected chi connectivity index (χ3v) is 4.11. The van der Waals surface area contributed by atoms with Gasteiger partial charge in [-0.3, -0.25) is 0 Å². The van der Waals surface area contributed by atoms with Gasteiger partial charge in [0.25, 0.3) is 0 Å². The SMILES string of the molecule is CCC(C)Sc1ccc([C@@H](C)O)cc1Cl. The lowest BCUT2D eigenvalue weighted by Crippen LogP contribution is -1.94. The zero-order chi connectivity index (χ0) is 11.4. The van der Waals surface area contributed by atoms with Crippen LogP contribution in [0.15, 0.2) is 23.1 Å². The third-order valence-electron chi connectivity index (χ3n) is 2.34. The smallest absolute Gasteiger partial charge is 0.0762 e. The molecule has 0 fully saturated rings. The van der Waals surface area contributed by atoms with E-state index in [1.165, 1.54) is 0 Å². The maximum absolute atomic E-state index is 9.40. The molecule has 0 amide bonds. The molecule has 0 heterocycles. The van der Waals surface area contributed by atoms with E-state index in [1.54, 1.807) is 18.7 Å². The molecule has 1 aromatic carbocycles. The molecule has 0 aromatic heterocycles. The molecular formula is C12H17ClOS. The molecular weight excluding hydrogens is 228 g/mol. The average Bonchev–Trinajstić information content (AvgIpc) is 2.20. The molecule has 1 nitrogen and oxygen atoms in total. The van der Waals surface area contributed by atoms with Crippen LogP contribution in [0, 0.1) is 0 Å². The van der Waals surface area contributed by atoms with E-state index in [1.807, 2.05) is 18.2 Å². The number of rotatable bonds is 4. The van der Waals surface area contributed by atoms with Gasteiger partial charge in [0, 0.05) is 10.1 Å². The van der Waals surface area contributed by atoms with E-state index in [0.29, 0.717) is 5.25 Å². The molecule has 1 rings (SSSR count). The summed E-state index contributed by atoms with van der Waals surface area (Å²) in [5.41, 5.74) is 0.869. The molecule has 0 spiro atoms. The highest BCUT2D eigenvalue weighted by molar-refractivity contribution is 8.00. The first-order valence-electron chi connectivity index (χ1n) is 5.18. The number of halogens is 1. The van der Waals surface area contributed by atoms with Gasteiger partial charge in [-0.05, 0) is 31.0 Å². The van der Waals surface area contributed by atoms with Crippen molar-refractivity contribution in [3.05, 3.63) is 28.8 Å². The fraction of sp³-hybridized carbons (Fsp3) is 0.500. The number of hydrogen-bond acceptors (Lipinski definition) is 2. The zero-order valence-electron chi connectivity index (χ0n) is 9.33. The summed E-state index contributed by atoms with van der Waals surface area (Å²) in [7, 11) is 0. The summed E-state index contributed by atoms with van der Waals surface area (Å²) in [5, 5.41) is 10.7. The van der Waals surface area contributed by atoms with Crippen LogP contribution < -0.4 is 0 Å². The lowest BCUT2D eigenvalue weighted by atomic mass is 10.1. The third kappa shape index (κ3) is 3.71. The Bertz CT molecular complexity index is 325. The van der Waals surface area contributed by atoms with Crippen molar-refractivity contribution in [2.75, 3.05) is 0 Å². The lowest BCUT2D eigenvalue weighted by molar-refractivity contribution is 0.199. The Morgan fingerprint density at radius 3 is 2.53 bits per heavy atom. The number of aliphatic hydroxyl groups is 1. The van der Waals surface area contributed by atoms with E-state index in [0.717, 1.165) is 21.9 Å². The number of thioether (sulfide) groups is 1. The van der Waals surface area contributed by atoms with Crippen LogP contribution in [0.3, 0.4) is 0 Å². The van der Waals surface area contributed by atoms with Crippen molar-refractivity contribution < 1.29 is 5.11 Å². The highest BCUT2D eigenvalue weighted by Gasteiger charge is 2.08. The summed E-state index contributed by atoms with van der Waals surface area (Å²) in [6.45, 7) is 6.09. The first kappa shape index (κ1) is 12.9. The molecule has 0 aliphatic carbocycles. The van der Waals surface area contributed by atoms with E-state index in [9.17, 15) is 5.11 Å². The van der Waals surface area contributed by atoms with Crippen LogP contribution in [0.4, 0.5) is 0 Å². The second-order valence-electron chi connectivity index (χ2n) is 3.70. The Morgan fingerprint density at radius 2 is 2.07 bits per heavy atom. The van der Waals surface area contributed by atoms with Gasteiger partial charge >= 0.3 is 0 Å². The molecule has 1 N–H and O–H groups in total. The van der Waals surface area contributed by atoms with Crippen LogP contribution in [-0.2, 0) is 0 Å². The minimum Gasteiger partial charge on any atom is -0.389 e. The summed E-state index contributed by atoms with van der Waals surface area (Å²) in [6, 6.07) is 5.76. The van der Waals surface area contributed by atoms with Crippen molar-refractivity contribution in [1.82, 2.24) is 0 Å². The van der Waals surface area contributed by atoms with Crippen LogP contribution in [-0.4, -0.2) is 10.4 Å². The fourth-order valence-corrected chi connectivity index (χ4v) is 2.41. The number of hydrogen-bond donors (Lipinski definition) is 1.